The summed E-state index contributed by atoms with van der Waals surface area (Å²) >= 11 is 0. The van der Waals surface area contributed by atoms with Crippen LogP contribution in [0.4, 0.5) is 17.7 Å². The fraction of sp³-hybridized carbons (Fsp3) is 0.568. The zero-order valence-electron chi connectivity index (χ0n) is 42.1. The molecule has 3 saturated heterocycles. The van der Waals surface area contributed by atoms with Crippen molar-refractivity contribution in [2.45, 2.75) is 73.5 Å². The number of nitrogens with one attached hydrogen (secondary N) is 2. The maximum Gasteiger partial charge on any atom is 0.490 e. The van der Waals surface area contributed by atoms with Crippen LogP contribution in [0.3, 0.4) is 0 Å². The monoisotopic (exact) mass is 1210 g/mol. The lowest BCUT2D eigenvalue weighted by Crippen LogP contribution is -2.40. The maximum atomic E-state index is 14.4. The van der Waals surface area contributed by atoms with Crippen molar-refractivity contribution in [2.75, 3.05) is 65.3 Å². The number of nitrogens with zero attached hydrogens (tertiary/aromatic N) is 11. The summed E-state index contributed by atoms with van der Waals surface area (Å²) in [5.74, 6) is -2.48. The van der Waals surface area contributed by atoms with Gasteiger partial charge in [-0.05, 0) is 0 Å². The van der Waals surface area contributed by atoms with E-state index in [4.69, 9.17) is 54.5 Å². The van der Waals surface area contributed by atoms with Crippen molar-refractivity contribution < 1.29 is 103 Å². The van der Waals surface area contributed by atoms with E-state index in [1.165, 1.54) is 57.7 Å². The number of aliphatic hydroxyl groups is 2. The number of nitrogen functional groups attached to an aromatic ring is 3. The van der Waals surface area contributed by atoms with Gasteiger partial charge in [-0.1, -0.05) is 0 Å². The van der Waals surface area contributed by atoms with Crippen molar-refractivity contribution in [3.63, 3.8) is 0 Å². The molecule has 6 aromatic rings. The van der Waals surface area contributed by atoms with Crippen LogP contribution in [-0.4, -0.2) is 186 Å². The molecule has 0 bridgehead atoms. The molecule has 0 aromatic carbocycles. The highest BCUT2D eigenvalue weighted by Crippen LogP contribution is 2.68. The zero-order valence-corrected chi connectivity index (χ0v) is 45.7. The second-order valence-electron chi connectivity index (χ2n) is 18.3. The second-order valence-corrected chi connectivity index (χ2v) is 24.9. The fourth-order valence-corrected chi connectivity index (χ4v) is 14.7. The van der Waals surface area contributed by atoms with E-state index < -0.39 is 147 Å². The number of aromatic amines is 2. The summed E-state index contributed by atoms with van der Waals surface area (Å²) in [6.07, 6.45) is -11.2. The number of hydrogen-bond acceptors (Lipinski definition) is 29. The van der Waals surface area contributed by atoms with E-state index in [1.807, 2.05) is 0 Å². The van der Waals surface area contributed by atoms with Crippen molar-refractivity contribution in [3.05, 3.63) is 46.0 Å². The average Bonchev–Trinajstić information content (AvgIpc) is 4.43. The van der Waals surface area contributed by atoms with Gasteiger partial charge in [-0.3, -0.25) is 42.5 Å². The van der Waals surface area contributed by atoms with Gasteiger partial charge in [0, 0.05) is 40.7 Å². The molecular formula is C37H52N16O23P4. The van der Waals surface area contributed by atoms with Gasteiger partial charge in [0.05, 0.1) is 57.4 Å². The SMILES string of the molecule is CO[C@@H]1[C@H](O)[C@@H](COP(=O)([O-])[C@H]2[C@@H](OC)[C@H](n3cnc4c(N)ncnc43)O[C@@H]2COP(=O)(O)OP(=O)(O)OP(=O)(O)OC[C@H]2OC(n3c[n+](C)c4c(=O)[nH]c(N)nc43)[C@H](O)[C@@H]2CC(=O)N(C)C)O[C@H]1n1cnc2c(=O)[nH]c(N)nc21. The van der Waals surface area contributed by atoms with Gasteiger partial charge in [0.2, 0.25) is 30.4 Å². The molecule has 6 aromatic heterocycles. The van der Waals surface area contributed by atoms with E-state index >= 15 is 0 Å². The molecule has 39 nitrogen and oxygen atoms in total. The summed E-state index contributed by atoms with van der Waals surface area (Å²) < 4.78 is 112. The second kappa shape index (κ2) is 22.3. The third-order valence-corrected chi connectivity index (χ3v) is 19.2. The van der Waals surface area contributed by atoms with Gasteiger partial charge >= 0.3 is 29.0 Å². The minimum Gasteiger partial charge on any atom is -0.778 e. The number of aryl methyl sites for hydroxylation is 1. The number of H-pyrrole nitrogens is 2. The molecule has 0 radical (unpaired) electrons. The third kappa shape index (κ3) is 11.6. The largest absolute Gasteiger partial charge is 0.778 e. The minimum atomic E-state index is -6.26. The summed E-state index contributed by atoms with van der Waals surface area (Å²) in [6.45, 7) is -3.34. The number of carbonyl (C=O) groups is 1. The first-order valence-corrected chi connectivity index (χ1v) is 29.3. The number of imidazole rings is 3. The number of anilines is 3. The van der Waals surface area contributed by atoms with Crippen LogP contribution in [0.5, 0.6) is 0 Å². The number of fused-ring (bicyclic) bond motifs is 3. The molecule has 0 aliphatic carbocycles. The number of aliphatic hydroxyl groups excluding tert-OH is 2. The van der Waals surface area contributed by atoms with Gasteiger partial charge in [-0.15, -0.1) is 0 Å². The molecule has 16 atom stereocenters. The Kier molecular flexibility index (Phi) is 16.4. The van der Waals surface area contributed by atoms with Gasteiger partial charge < -0.3 is 84.7 Å². The highest BCUT2D eigenvalue weighted by Gasteiger charge is 2.55. The van der Waals surface area contributed by atoms with E-state index in [0.717, 1.165) is 26.1 Å². The van der Waals surface area contributed by atoms with Crippen LogP contribution in [0.1, 0.15) is 25.1 Å². The van der Waals surface area contributed by atoms with Crippen LogP contribution in [-0.2, 0) is 76.0 Å². The predicted octanol–water partition coefficient (Wildman–Crippen LogP) is -3.89. The lowest BCUT2D eigenvalue weighted by Gasteiger charge is -2.35. The summed E-state index contributed by atoms with van der Waals surface area (Å²) in [4.78, 5) is 115. The van der Waals surface area contributed by atoms with Gasteiger partial charge in [0.25, 0.3) is 16.7 Å². The molecular weight excluding hydrogens is 1160 g/mol. The number of carbonyl (C=O) groups excluding carboxylic acids is 1. The molecule has 5 unspecified atom stereocenters. The first-order chi connectivity index (χ1) is 37.5. The Hall–Kier alpha value is -5.60. The Morgan fingerprint density at radius 3 is 1.91 bits per heavy atom. The van der Waals surface area contributed by atoms with E-state index in [0.29, 0.717) is 0 Å². The van der Waals surface area contributed by atoms with Crippen LogP contribution in [0.15, 0.2) is 34.9 Å². The summed E-state index contributed by atoms with van der Waals surface area (Å²) in [7, 11) is -17.2. The molecule has 3 aliphatic heterocycles. The number of phosphoric acid groups is 3. The molecule has 80 heavy (non-hydrogen) atoms. The summed E-state index contributed by atoms with van der Waals surface area (Å²) in [5, 5.41) is 22.8. The van der Waals surface area contributed by atoms with Crippen LogP contribution in [0.25, 0.3) is 33.5 Å². The number of methoxy groups -OCH3 is 2. The highest BCUT2D eigenvalue weighted by molar-refractivity contribution is 7.66. The van der Waals surface area contributed by atoms with E-state index in [2.05, 4.69) is 48.5 Å². The molecule has 13 N–H and O–H groups in total. The van der Waals surface area contributed by atoms with Gasteiger partial charge in [0.15, 0.2) is 35.1 Å². The predicted molar refractivity (Wildman–Crippen MR) is 261 cm³/mol. The van der Waals surface area contributed by atoms with Crippen LogP contribution in [0.2, 0.25) is 0 Å². The lowest BCUT2D eigenvalue weighted by atomic mass is 9.94. The fourth-order valence-electron chi connectivity index (χ4n) is 9.44. The molecule has 0 saturated carbocycles. The Labute approximate surface area is 446 Å². The third-order valence-electron chi connectivity index (χ3n) is 13.1. The van der Waals surface area contributed by atoms with Crippen molar-refractivity contribution in [2.24, 2.45) is 13.0 Å². The molecule has 9 rings (SSSR count). The number of hydrogen-bond donors (Lipinski definition) is 10. The van der Waals surface area contributed by atoms with E-state index in [1.54, 1.807) is 0 Å². The normalized spacial score (nSPS) is 29.2. The number of phosphoric ester groups is 2. The maximum absolute atomic E-state index is 14.4. The van der Waals surface area contributed by atoms with Crippen LogP contribution >= 0.6 is 31.1 Å². The minimum absolute atomic E-state index is 0.00749. The number of nitrogens with two attached hydrogens (primary N) is 3. The van der Waals surface area contributed by atoms with E-state index in [9.17, 15) is 62.4 Å². The van der Waals surface area contributed by atoms with Crippen LogP contribution in [0, 0.1) is 5.92 Å². The van der Waals surface area contributed by atoms with Crippen molar-refractivity contribution in [1.82, 2.24) is 58.5 Å². The molecule has 3 aliphatic rings. The summed E-state index contributed by atoms with van der Waals surface area (Å²) in [5.41, 5.74) is 13.7. The highest BCUT2D eigenvalue weighted by atomic mass is 31.3. The molecule has 0 spiro atoms. The number of ether oxygens (including phenoxy) is 5. The van der Waals surface area contributed by atoms with Gasteiger partial charge in [0.1, 0.15) is 50.0 Å². The van der Waals surface area contributed by atoms with Gasteiger partial charge in [-0.2, -0.15) is 23.2 Å². The van der Waals surface area contributed by atoms with Crippen molar-refractivity contribution in [3.8, 4) is 0 Å². The average molecular weight is 1210 g/mol. The quantitative estimate of drug-likeness (QED) is 0.0243. The van der Waals surface area contributed by atoms with Crippen molar-refractivity contribution in [1.29, 1.82) is 0 Å². The Bertz CT molecular complexity index is 3650. The number of rotatable bonds is 21. The van der Waals surface area contributed by atoms with E-state index in [-0.39, 0.29) is 51.2 Å². The Morgan fingerprint density at radius 2 is 1.27 bits per heavy atom. The Balaban J connectivity index is 0.902. The van der Waals surface area contributed by atoms with Gasteiger partial charge in [-0.25, -0.2) is 38.2 Å². The molecule has 9 heterocycles. The first kappa shape index (κ1) is 59.0. The molecule has 438 valence electrons. The standard InChI is InChI=1S/C37H52N16O23P4/c1-49(2)18(54)6-14-15(72-33(22(14)55)53-13-50(3)21-30(53)46-37(40)48-32(21)58)7-70-78(61,62)75-80(65,66)76-79(63,64)71-9-17-26(25(68-5)35(74-17)51-11-43-19-27(38)41-10-42-28(19)51)77(59,60)69-8-16-23(56)24(67-4)34(73-16)52-12-44-20-29(52)45-36(39)47-31(20)57/h10-17,22-26,33-35,55-56H,6-9H2,1-5H3,(H11-,38,39,40,41,42,45,46,47,48,57,58,59,60,61,62,63,64,65,66)/t14-,15-,16-,17-,22-,23-,24-,25-,26-,33?,34-,35-/m1/s1. The molecule has 3 fully saturated rings. The summed E-state index contributed by atoms with van der Waals surface area (Å²) in [6, 6.07) is 0. The molecule has 43 heteroatoms. The Morgan fingerprint density at radius 1 is 0.725 bits per heavy atom. The number of amides is 1. The lowest BCUT2D eigenvalue weighted by molar-refractivity contribution is -0.646. The smallest absolute Gasteiger partial charge is 0.490 e. The topological polar surface area (TPSA) is 545 Å². The zero-order chi connectivity index (χ0) is 58.1. The van der Waals surface area contributed by atoms with Crippen LogP contribution < -0.4 is 37.8 Å². The van der Waals surface area contributed by atoms with Crippen molar-refractivity contribution >= 4 is 88.2 Å². The number of aromatic nitrogens is 12. The first-order valence-electron chi connectivity index (χ1n) is 23.2. The molecule has 1 amide bonds.